The molecule has 2 aromatic carbocycles. The number of methoxy groups -OCH3 is 2. The SMILES string of the molecule is COC1C=CN(CCOc2cccc(Nc3nccc(Sc4ccc(F)cc4)n3)c2)C1OC.Cl.Cl. The van der Waals surface area contributed by atoms with Gasteiger partial charge in [0.2, 0.25) is 5.95 Å². The standard InChI is InChI=1S/C24H25FN4O3S.2ClH/c1-30-21-11-13-29(23(21)31-2)14-15-32-19-5-3-4-18(16-19)27-24-26-12-10-22(28-24)33-20-8-6-17(25)7-9-20;;/h3-13,16,21,23H,14-15H2,1-2H3,(H,26,27,28);2*1H. The Kier molecular flexibility index (Phi) is 11.6. The predicted molar refractivity (Wildman–Crippen MR) is 140 cm³/mol. The molecular weight excluding hydrogens is 514 g/mol. The van der Waals surface area contributed by atoms with E-state index >= 15 is 0 Å². The molecule has 188 valence electrons. The largest absolute Gasteiger partial charge is 0.492 e. The van der Waals surface area contributed by atoms with Gasteiger partial charge in [0.05, 0.1) is 6.54 Å². The normalized spacial score (nSPS) is 16.4. The molecule has 0 bridgehead atoms. The summed E-state index contributed by atoms with van der Waals surface area (Å²) < 4.78 is 30.0. The summed E-state index contributed by atoms with van der Waals surface area (Å²) in [5, 5.41) is 3.96. The maximum atomic E-state index is 13.1. The fourth-order valence-electron chi connectivity index (χ4n) is 3.37. The van der Waals surface area contributed by atoms with E-state index in [9.17, 15) is 4.39 Å². The molecule has 1 aliphatic heterocycles. The van der Waals surface area contributed by atoms with Crippen molar-refractivity contribution in [2.45, 2.75) is 22.3 Å². The van der Waals surface area contributed by atoms with Crippen molar-refractivity contribution in [2.24, 2.45) is 0 Å². The van der Waals surface area contributed by atoms with E-state index in [1.54, 1.807) is 32.5 Å². The lowest BCUT2D eigenvalue weighted by molar-refractivity contribution is -0.0722. The van der Waals surface area contributed by atoms with Crippen LogP contribution in [0.2, 0.25) is 0 Å². The second-order valence-corrected chi connectivity index (χ2v) is 8.28. The van der Waals surface area contributed by atoms with Crippen LogP contribution in [0.25, 0.3) is 0 Å². The van der Waals surface area contributed by atoms with Crippen LogP contribution in [0.15, 0.2) is 83.0 Å². The van der Waals surface area contributed by atoms with Gasteiger partial charge in [-0.25, -0.2) is 14.4 Å². The third-order valence-corrected chi connectivity index (χ3v) is 5.91. The Labute approximate surface area is 220 Å². The number of nitrogens with one attached hydrogen (secondary N) is 1. The molecule has 0 amide bonds. The molecule has 0 saturated heterocycles. The molecule has 1 aromatic heterocycles. The lowest BCUT2D eigenvalue weighted by Gasteiger charge is -2.27. The van der Waals surface area contributed by atoms with Gasteiger partial charge in [0, 0.05) is 43.3 Å². The van der Waals surface area contributed by atoms with E-state index in [-0.39, 0.29) is 43.0 Å². The lowest BCUT2D eigenvalue weighted by Crippen LogP contribution is -2.39. The number of aromatic nitrogens is 2. The molecule has 1 aliphatic rings. The third-order valence-electron chi connectivity index (χ3n) is 4.96. The van der Waals surface area contributed by atoms with E-state index in [0.29, 0.717) is 19.1 Å². The molecule has 2 unspecified atom stereocenters. The van der Waals surface area contributed by atoms with E-state index in [1.165, 1.54) is 23.9 Å². The summed E-state index contributed by atoms with van der Waals surface area (Å²) >= 11 is 1.44. The van der Waals surface area contributed by atoms with Crippen molar-refractivity contribution in [2.75, 3.05) is 32.7 Å². The molecule has 11 heteroatoms. The molecular formula is C24H27Cl2FN4O3S. The Balaban J connectivity index is 0.00000216. The molecule has 4 rings (SSSR count). The molecule has 1 N–H and O–H groups in total. The van der Waals surface area contributed by atoms with Crippen LogP contribution in [-0.4, -0.2) is 54.6 Å². The number of rotatable bonds is 10. The second-order valence-electron chi connectivity index (χ2n) is 7.18. The van der Waals surface area contributed by atoms with Gasteiger partial charge in [-0.1, -0.05) is 17.8 Å². The highest BCUT2D eigenvalue weighted by Gasteiger charge is 2.28. The van der Waals surface area contributed by atoms with E-state index in [1.807, 2.05) is 47.5 Å². The van der Waals surface area contributed by atoms with E-state index < -0.39 is 0 Å². The van der Waals surface area contributed by atoms with Gasteiger partial charge in [0.1, 0.15) is 29.3 Å². The van der Waals surface area contributed by atoms with Crippen LogP contribution in [0, 0.1) is 5.82 Å². The zero-order valence-electron chi connectivity index (χ0n) is 19.2. The molecule has 0 saturated carbocycles. The number of hydrogen-bond acceptors (Lipinski definition) is 8. The van der Waals surface area contributed by atoms with Gasteiger partial charge >= 0.3 is 0 Å². The summed E-state index contributed by atoms with van der Waals surface area (Å²) in [4.78, 5) is 11.8. The van der Waals surface area contributed by atoms with Crippen LogP contribution in [-0.2, 0) is 9.47 Å². The van der Waals surface area contributed by atoms with Crippen molar-refractivity contribution in [1.29, 1.82) is 0 Å². The van der Waals surface area contributed by atoms with Gasteiger partial charge in [0.25, 0.3) is 0 Å². The van der Waals surface area contributed by atoms with Crippen LogP contribution in [0.1, 0.15) is 0 Å². The second kappa shape index (κ2) is 14.1. The van der Waals surface area contributed by atoms with Crippen molar-refractivity contribution >= 4 is 48.2 Å². The highest BCUT2D eigenvalue weighted by molar-refractivity contribution is 7.99. The summed E-state index contributed by atoms with van der Waals surface area (Å²) in [5.41, 5.74) is 0.812. The minimum Gasteiger partial charge on any atom is -0.492 e. The molecule has 0 fully saturated rings. The van der Waals surface area contributed by atoms with Gasteiger partial charge in [-0.15, -0.1) is 24.8 Å². The Morgan fingerprint density at radius 3 is 2.60 bits per heavy atom. The average Bonchev–Trinajstić information content (AvgIpc) is 3.23. The summed E-state index contributed by atoms with van der Waals surface area (Å²) in [6.45, 7) is 1.16. The van der Waals surface area contributed by atoms with Gasteiger partial charge in [0.15, 0.2) is 6.23 Å². The quantitative estimate of drug-likeness (QED) is 0.335. The monoisotopic (exact) mass is 540 g/mol. The predicted octanol–water partition coefficient (Wildman–Crippen LogP) is 5.55. The summed E-state index contributed by atoms with van der Waals surface area (Å²) in [7, 11) is 3.34. The van der Waals surface area contributed by atoms with Crippen molar-refractivity contribution in [3.63, 3.8) is 0 Å². The molecule has 7 nitrogen and oxygen atoms in total. The molecule has 0 aliphatic carbocycles. The number of nitrogens with zero attached hydrogens (tertiary/aromatic N) is 3. The molecule has 0 spiro atoms. The van der Waals surface area contributed by atoms with Crippen LogP contribution >= 0.6 is 36.6 Å². The summed E-state index contributed by atoms with van der Waals surface area (Å²) in [5.74, 6) is 0.938. The van der Waals surface area contributed by atoms with Crippen molar-refractivity contribution in [1.82, 2.24) is 14.9 Å². The zero-order chi connectivity index (χ0) is 23.0. The van der Waals surface area contributed by atoms with Crippen molar-refractivity contribution < 1.29 is 18.6 Å². The van der Waals surface area contributed by atoms with Gasteiger partial charge < -0.3 is 24.4 Å². The minimum atomic E-state index is -0.263. The van der Waals surface area contributed by atoms with Gasteiger partial charge in [-0.05, 0) is 48.5 Å². The van der Waals surface area contributed by atoms with E-state index in [0.717, 1.165) is 21.4 Å². The zero-order valence-corrected chi connectivity index (χ0v) is 21.6. The van der Waals surface area contributed by atoms with Crippen LogP contribution in [0.3, 0.4) is 0 Å². The Bertz CT molecular complexity index is 1090. The van der Waals surface area contributed by atoms with Crippen LogP contribution in [0.4, 0.5) is 16.0 Å². The maximum absolute atomic E-state index is 13.1. The van der Waals surface area contributed by atoms with Crippen molar-refractivity contribution in [3.8, 4) is 5.75 Å². The number of hydrogen-bond donors (Lipinski definition) is 1. The first kappa shape index (κ1) is 28.7. The van der Waals surface area contributed by atoms with Crippen LogP contribution in [0.5, 0.6) is 5.75 Å². The molecule has 2 atom stereocenters. The van der Waals surface area contributed by atoms with Crippen LogP contribution < -0.4 is 10.1 Å². The van der Waals surface area contributed by atoms with E-state index in [4.69, 9.17) is 14.2 Å². The fraction of sp³-hybridized carbons (Fsp3) is 0.250. The van der Waals surface area contributed by atoms with E-state index in [2.05, 4.69) is 15.3 Å². The highest BCUT2D eigenvalue weighted by Crippen LogP contribution is 2.27. The Hall–Kier alpha value is -2.56. The fourth-order valence-corrected chi connectivity index (χ4v) is 4.15. The molecule has 3 aromatic rings. The topological polar surface area (TPSA) is 68.7 Å². The molecule has 2 heterocycles. The summed E-state index contributed by atoms with van der Waals surface area (Å²) in [6.07, 6.45) is 5.40. The first-order chi connectivity index (χ1) is 16.1. The smallest absolute Gasteiger partial charge is 0.228 e. The lowest BCUT2D eigenvalue weighted by atomic mass is 10.3. The van der Waals surface area contributed by atoms with Gasteiger partial charge in [-0.2, -0.15) is 0 Å². The Morgan fingerprint density at radius 2 is 1.86 bits per heavy atom. The summed E-state index contributed by atoms with van der Waals surface area (Å²) in [6, 6.07) is 15.7. The third kappa shape index (κ3) is 7.98. The minimum absolute atomic E-state index is 0. The number of anilines is 2. The molecule has 0 radical (unpaired) electrons. The first-order valence-corrected chi connectivity index (χ1v) is 11.2. The highest BCUT2D eigenvalue weighted by atomic mass is 35.5. The number of benzene rings is 2. The first-order valence-electron chi connectivity index (χ1n) is 10.4. The molecule has 35 heavy (non-hydrogen) atoms. The number of ether oxygens (including phenoxy) is 3. The Morgan fingerprint density at radius 1 is 1.06 bits per heavy atom. The van der Waals surface area contributed by atoms with Gasteiger partial charge in [-0.3, -0.25) is 0 Å². The number of halogens is 3. The average molecular weight is 541 g/mol. The van der Waals surface area contributed by atoms with Crippen molar-refractivity contribution in [3.05, 3.63) is 78.9 Å². The maximum Gasteiger partial charge on any atom is 0.228 e.